The number of carbonyl (C=O) groups excluding carboxylic acids is 1. The first-order valence-corrected chi connectivity index (χ1v) is 7.92. The maximum absolute atomic E-state index is 11.9. The molecule has 0 saturated carbocycles. The fourth-order valence-electron chi connectivity index (χ4n) is 2.59. The minimum atomic E-state index is 0. The standard InChI is InChI=1S/C17H26N2O2.ClH/c1-14(15-6-3-2-4-7-15)21-13-5-10-19-17(20)16-8-11-18-12-9-16;/h2-4,6-7,14,16,18H,5,8-13H2,1H3,(H,19,20);1H. The predicted molar refractivity (Wildman–Crippen MR) is 91.3 cm³/mol. The Balaban J connectivity index is 0.00000242. The Bertz CT molecular complexity index is 422. The second-order valence-corrected chi connectivity index (χ2v) is 5.59. The topological polar surface area (TPSA) is 50.4 Å². The van der Waals surface area contributed by atoms with E-state index in [-0.39, 0.29) is 30.3 Å². The van der Waals surface area contributed by atoms with Crippen LogP contribution in [-0.4, -0.2) is 32.1 Å². The highest BCUT2D eigenvalue weighted by atomic mass is 35.5. The molecule has 0 bridgehead atoms. The van der Waals surface area contributed by atoms with Gasteiger partial charge < -0.3 is 15.4 Å². The van der Waals surface area contributed by atoms with Gasteiger partial charge in [-0.1, -0.05) is 30.3 Å². The van der Waals surface area contributed by atoms with Crippen LogP contribution in [0.15, 0.2) is 30.3 Å². The van der Waals surface area contributed by atoms with Gasteiger partial charge in [0.2, 0.25) is 5.91 Å². The van der Waals surface area contributed by atoms with Crippen molar-refractivity contribution >= 4 is 18.3 Å². The van der Waals surface area contributed by atoms with E-state index in [2.05, 4.69) is 29.7 Å². The van der Waals surface area contributed by atoms with Gasteiger partial charge in [0.05, 0.1) is 6.10 Å². The van der Waals surface area contributed by atoms with Crippen LogP contribution >= 0.6 is 12.4 Å². The van der Waals surface area contributed by atoms with Crippen molar-refractivity contribution < 1.29 is 9.53 Å². The summed E-state index contributed by atoms with van der Waals surface area (Å²) in [7, 11) is 0. The number of amides is 1. The summed E-state index contributed by atoms with van der Waals surface area (Å²) < 4.78 is 5.79. The molecular formula is C17H27ClN2O2. The Hall–Kier alpha value is -1.10. The van der Waals surface area contributed by atoms with E-state index >= 15 is 0 Å². The summed E-state index contributed by atoms with van der Waals surface area (Å²) >= 11 is 0. The lowest BCUT2D eigenvalue weighted by Crippen LogP contribution is -2.38. The van der Waals surface area contributed by atoms with Crippen LogP contribution in [0, 0.1) is 5.92 Å². The van der Waals surface area contributed by atoms with E-state index in [1.54, 1.807) is 0 Å². The Morgan fingerprint density at radius 3 is 2.68 bits per heavy atom. The summed E-state index contributed by atoms with van der Waals surface area (Å²) in [6.45, 7) is 5.33. The highest BCUT2D eigenvalue weighted by molar-refractivity contribution is 5.85. The van der Waals surface area contributed by atoms with Gasteiger partial charge in [-0.15, -0.1) is 12.4 Å². The molecule has 1 aromatic rings. The van der Waals surface area contributed by atoms with Gasteiger partial charge >= 0.3 is 0 Å². The molecule has 0 spiro atoms. The number of ether oxygens (including phenoxy) is 1. The Kier molecular flexibility index (Phi) is 9.13. The molecule has 1 aliphatic rings. The van der Waals surface area contributed by atoms with Gasteiger partial charge in [-0.25, -0.2) is 0 Å². The van der Waals surface area contributed by atoms with Crippen LogP contribution in [0.2, 0.25) is 0 Å². The lowest BCUT2D eigenvalue weighted by Gasteiger charge is -2.21. The average Bonchev–Trinajstić information content (AvgIpc) is 2.55. The first-order chi connectivity index (χ1) is 10.3. The van der Waals surface area contributed by atoms with E-state index in [0.29, 0.717) is 13.2 Å². The van der Waals surface area contributed by atoms with Gasteiger partial charge in [0.25, 0.3) is 0 Å². The zero-order valence-corrected chi connectivity index (χ0v) is 14.0. The van der Waals surface area contributed by atoms with E-state index in [4.69, 9.17) is 4.74 Å². The molecule has 0 aliphatic carbocycles. The molecule has 0 aromatic heterocycles. The fraction of sp³-hybridized carbons (Fsp3) is 0.588. The molecule has 0 radical (unpaired) electrons. The third kappa shape index (κ3) is 6.34. The summed E-state index contributed by atoms with van der Waals surface area (Å²) in [4.78, 5) is 11.9. The maximum atomic E-state index is 11.9. The molecule has 1 saturated heterocycles. The van der Waals surface area contributed by atoms with Crippen molar-refractivity contribution in [2.75, 3.05) is 26.2 Å². The van der Waals surface area contributed by atoms with Crippen LogP contribution in [0.25, 0.3) is 0 Å². The Morgan fingerprint density at radius 1 is 1.32 bits per heavy atom. The van der Waals surface area contributed by atoms with E-state index in [9.17, 15) is 4.79 Å². The third-order valence-electron chi connectivity index (χ3n) is 3.97. The summed E-state index contributed by atoms with van der Waals surface area (Å²) in [5.74, 6) is 0.392. The number of hydrogen-bond acceptors (Lipinski definition) is 3. The number of hydrogen-bond donors (Lipinski definition) is 2. The maximum Gasteiger partial charge on any atom is 0.223 e. The lowest BCUT2D eigenvalue weighted by atomic mass is 9.97. The molecule has 1 aromatic carbocycles. The number of benzene rings is 1. The van der Waals surface area contributed by atoms with Crippen LogP contribution in [-0.2, 0) is 9.53 Å². The van der Waals surface area contributed by atoms with E-state index in [1.807, 2.05) is 18.2 Å². The molecule has 5 heteroatoms. The van der Waals surface area contributed by atoms with E-state index in [1.165, 1.54) is 5.56 Å². The molecule has 22 heavy (non-hydrogen) atoms. The second-order valence-electron chi connectivity index (χ2n) is 5.59. The molecule has 1 unspecified atom stereocenters. The molecule has 1 amide bonds. The van der Waals surface area contributed by atoms with Gasteiger partial charge in [0.1, 0.15) is 0 Å². The average molecular weight is 327 g/mol. The van der Waals surface area contributed by atoms with Crippen LogP contribution in [0.3, 0.4) is 0 Å². The van der Waals surface area contributed by atoms with Crippen molar-refractivity contribution in [2.24, 2.45) is 5.92 Å². The zero-order chi connectivity index (χ0) is 14.9. The molecular weight excluding hydrogens is 300 g/mol. The highest BCUT2D eigenvalue weighted by Gasteiger charge is 2.20. The number of nitrogens with one attached hydrogen (secondary N) is 2. The molecule has 2 N–H and O–H groups in total. The second kappa shape index (κ2) is 10.6. The summed E-state index contributed by atoms with van der Waals surface area (Å²) in [5, 5.41) is 6.29. The van der Waals surface area contributed by atoms with E-state index in [0.717, 1.165) is 32.4 Å². The van der Waals surface area contributed by atoms with Crippen LogP contribution in [0.1, 0.15) is 37.9 Å². The minimum Gasteiger partial charge on any atom is -0.374 e. The zero-order valence-electron chi connectivity index (χ0n) is 13.2. The van der Waals surface area contributed by atoms with Gasteiger partial charge in [-0.05, 0) is 44.8 Å². The molecule has 4 nitrogen and oxygen atoms in total. The van der Waals surface area contributed by atoms with Crippen LogP contribution in [0.5, 0.6) is 0 Å². The molecule has 1 aliphatic heterocycles. The molecule has 1 fully saturated rings. The smallest absolute Gasteiger partial charge is 0.223 e. The van der Waals surface area contributed by atoms with Crippen molar-refractivity contribution in [3.8, 4) is 0 Å². The lowest BCUT2D eigenvalue weighted by molar-refractivity contribution is -0.125. The largest absolute Gasteiger partial charge is 0.374 e. The van der Waals surface area contributed by atoms with Gasteiger partial charge in [0.15, 0.2) is 0 Å². The van der Waals surface area contributed by atoms with Gasteiger partial charge in [-0.3, -0.25) is 4.79 Å². The van der Waals surface area contributed by atoms with Crippen LogP contribution < -0.4 is 10.6 Å². The summed E-state index contributed by atoms with van der Waals surface area (Å²) in [5.41, 5.74) is 1.19. The Morgan fingerprint density at radius 2 is 2.00 bits per heavy atom. The van der Waals surface area contributed by atoms with Crippen LogP contribution in [0.4, 0.5) is 0 Å². The van der Waals surface area contributed by atoms with Crippen molar-refractivity contribution in [3.05, 3.63) is 35.9 Å². The molecule has 1 heterocycles. The number of rotatable bonds is 7. The molecule has 1 atom stereocenters. The minimum absolute atomic E-state index is 0. The molecule has 124 valence electrons. The third-order valence-corrected chi connectivity index (χ3v) is 3.97. The number of piperidine rings is 1. The summed E-state index contributed by atoms with van der Waals surface area (Å²) in [6.07, 6.45) is 2.86. The predicted octanol–water partition coefficient (Wildman–Crippen LogP) is 2.69. The van der Waals surface area contributed by atoms with Crippen molar-refractivity contribution in [1.82, 2.24) is 10.6 Å². The monoisotopic (exact) mass is 326 g/mol. The number of carbonyl (C=O) groups is 1. The van der Waals surface area contributed by atoms with Gasteiger partial charge in [0, 0.05) is 19.1 Å². The SMILES string of the molecule is CC(OCCCNC(=O)C1CCNCC1)c1ccccc1.Cl. The number of halogens is 1. The first kappa shape index (κ1) is 18.9. The highest BCUT2D eigenvalue weighted by Crippen LogP contribution is 2.15. The van der Waals surface area contributed by atoms with Gasteiger partial charge in [-0.2, -0.15) is 0 Å². The molecule has 2 rings (SSSR count). The Labute approximate surface area is 139 Å². The fourth-order valence-corrected chi connectivity index (χ4v) is 2.59. The van der Waals surface area contributed by atoms with Crippen molar-refractivity contribution in [3.63, 3.8) is 0 Å². The summed E-state index contributed by atoms with van der Waals surface area (Å²) in [6, 6.07) is 10.2. The first-order valence-electron chi connectivity index (χ1n) is 7.92. The van der Waals surface area contributed by atoms with E-state index < -0.39 is 0 Å². The van der Waals surface area contributed by atoms with Crippen molar-refractivity contribution in [2.45, 2.75) is 32.3 Å². The quantitative estimate of drug-likeness (QED) is 0.757. The normalized spacial score (nSPS) is 16.6. The van der Waals surface area contributed by atoms with Crippen molar-refractivity contribution in [1.29, 1.82) is 0 Å².